The van der Waals surface area contributed by atoms with E-state index in [1.54, 1.807) is 0 Å². The van der Waals surface area contributed by atoms with E-state index in [0.29, 0.717) is 6.04 Å². The first-order valence-corrected chi connectivity index (χ1v) is 7.16. The molecular formula is C15H25N3. The van der Waals surface area contributed by atoms with Crippen molar-refractivity contribution in [2.75, 3.05) is 19.6 Å². The largest absolute Gasteiger partial charge is 0.329 e. The molecule has 0 aromatic carbocycles. The average Bonchev–Trinajstić information content (AvgIpc) is 2.46. The van der Waals surface area contributed by atoms with Crippen LogP contribution in [0.3, 0.4) is 0 Å². The molecule has 2 heterocycles. The summed E-state index contributed by atoms with van der Waals surface area (Å²) in [5, 5.41) is 0. The molecule has 2 atom stereocenters. The number of aromatic nitrogens is 1. The Morgan fingerprint density at radius 1 is 1.39 bits per heavy atom. The van der Waals surface area contributed by atoms with Crippen LogP contribution in [0.5, 0.6) is 0 Å². The molecule has 1 fully saturated rings. The van der Waals surface area contributed by atoms with Gasteiger partial charge in [0.25, 0.3) is 0 Å². The Kier molecular flexibility index (Phi) is 5.14. The molecule has 0 aliphatic carbocycles. The van der Waals surface area contributed by atoms with E-state index in [2.05, 4.69) is 28.9 Å². The zero-order valence-corrected chi connectivity index (χ0v) is 11.4. The third-order valence-corrected chi connectivity index (χ3v) is 4.23. The van der Waals surface area contributed by atoms with Crippen molar-refractivity contribution in [1.29, 1.82) is 0 Å². The van der Waals surface area contributed by atoms with Crippen LogP contribution in [0.1, 0.15) is 31.7 Å². The topological polar surface area (TPSA) is 42.2 Å². The van der Waals surface area contributed by atoms with Crippen molar-refractivity contribution in [2.24, 2.45) is 11.7 Å². The van der Waals surface area contributed by atoms with Gasteiger partial charge in [-0.25, -0.2) is 0 Å². The SMILES string of the molecule is CCC1CCN(CCc2ccncc2)C(CN)C1. The first kappa shape index (κ1) is 13.5. The molecule has 1 aliphatic rings. The average molecular weight is 247 g/mol. The minimum atomic E-state index is 0.588. The van der Waals surface area contributed by atoms with E-state index in [0.717, 1.165) is 25.4 Å². The molecule has 0 spiro atoms. The minimum Gasteiger partial charge on any atom is -0.329 e. The summed E-state index contributed by atoms with van der Waals surface area (Å²) in [4.78, 5) is 6.63. The second kappa shape index (κ2) is 6.86. The van der Waals surface area contributed by atoms with Gasteiger partial charge in [0.1, 0.15) is 0 Å². The van der Waals surface area contributed by atoms with Crippen molar-refractivity contribution in [1.82, 2.24) is 9.88 Å². The number of hydrogen-bond donors (Lipinski definition) is 1. The zero-order valence-electron chi connectivity index (χ0n) is 11.4. The highest BCUT2D eigenvalue weighted by molar-refractivity contribution is 5.10. The predicted octanol–water partition coefficient (Wildman–Crippen LogP) is 2.07. The summed E-state index contributed by atoms with van der Waals surface area (Å²) in [6.07, 6.45) is 8.77. The fraction of sp³-hybridized carbons (Fsp3) is 0.667. The fourth-order valence-corrected chi connectivity index (χ4v) is 2.92. The summed E-state index contributed by atoms with van der Waals surface area (Å²) in [5.74, 6) is 0.885. The van der Waals surface area contributed by atoms with Crippen LogP contribution in [0.15, 0.2) is 24.5 Å². The smallest absolute Gasteiger partial charge is 0.0270 e. The number of likely N-dealkylation sites (tertiary alicyclic amines) is 1. The molecule has 2 rings (SSSR count). The Labute approximate surface area is 110 Å². The van der Waals surface area contributed by atoms with Gasteiger partial charge in [-0.1, -0.05) is 13.3 Å². The van der Waals surface area contributed by atoms with E-state index >= 15 is 0 Å². The summed E-state index contributed by atoms with van der Waals surface area (Å²) >= 11 is 0. The molecule has 1 saturated heterocycles. The Morgan fingerprint density at radius 3 is 2.83 bits per heavy atom. The van der Waals surface area contributed by atoms with Crippen molar-refractivity contribution in [3.8, 4) is 0 Å². The van der Waals surface area contributed by atoms with Crippen LogP contribution in [0.4, 0.5) is 0 Å². The summed E-state index contributed by atoms with van der Waals surface area (Å²) in [7, 11) is 0. The maximum atomic E-state index is 5.93. The van der Waals surface area contributed by atoms with Gasteiger partial charge in [0.2, 0.25) is 0 Å². The van der Waals surface area contributed by atoms with E-state index in [9.17, 15) is 0 Å². The number of pyridine rings is 1. The Morgan fingerprint density at radius 2 is 2.17 bits per heavy atom. The molecule has 1 aromatic heterocycles. The van der Waals surface area contributed by atoms with Gasteiger partial charge in [0.15, 0.2) is 0 Å². The van der Waals surface area contributed by atoms with Gasteiger partial charge in [-0.15, -0.1) is 0 Å². The fourth-order valence-electron chi connectivity index (χ4n) is 2.92. The van der Waals surface area contributed by atoms with Crippen LogP contribution < -0.4 is 5.73 Å². The second-order valence-electron chi connectivity index (χ2n) is 5.33. The first-order valence-electron chi connectivity index (χ1n) is 7.16. The molecule has 100 valence electrons. The van der Waals surface area contributed by atoms with Crippen molar-refractivity contribution in [2.45, 2.75) is 38.6 Å². The van der Waals surface area contributed by atoms with E-state index in [4.69, 9.17) is 5.73 Å². The maximum absolute atomic E-state index is 5.93. The summed E-state index contributed by atoms with van der Waals surface area (Å²) in [6, 6.07) is 4.80. The van der Waals surface area contributed by atoms with Crippen molar-refractivity contribution in [3.63, 3.8) is 0 Å². The molecule has 0 bridgehead atoms. The van der Waals surface area contributed by atoms with Crippen molar-refractivity contribution < 1.29 is 0 Å². The van der Waals surface area contributed by atoms with Gasteiger partial charge < -0.3 is 5.73 Å². The minimum absolute atomic E-state index is 0.588. The maximum Gasteiger partial charge on any atom is 0.0270 e. The second-order valence-corrected chi connectivity index (χ2v) is 5.33. The number of piperidine rings is 1. The highest BCUT2D eigenvalue weighted by Gasteiger charge is 2.25. The van der Waals surface area contributed by atoms with E-state index < -0.39 is 0 Å². The van der Waals surface area contributed by atoms with Gasteiger partial charge in [0.05, 0.1) is 0 Å². The first-order chi connectivity index (χ1) is 8.83. The third-order valence-electron chi connectivity index (χ3n) is 4.23. The standard InChI is InChI=1S/C15H25N3/c1-2-13-5-9-18(15(11-13)12-16)10-6-14-3-7-17-8-4-14/h3-4,7-8,13,15H,2,5-6,9-12,16H2,1H3. The van der Waals surface area contributed by atoms with Gasteiger partial charge in [-0.05, 0) is 49.4 Å². The highest BCUT2D eigenvalue weighted by atomic mass is 15.2. The van der Waals surface area contributed by atoms with Crippen LogP contribution >= 0.6 is 0 Å². The number of nitrogens with zero attached hydrogens (tertiary/aromatic N) is 2. The zero-order chi connectivity index (χ0) is 12.8. The monoisotopic (exact) mass is 247 g/mol. The van der Waals surface area contributed by atoms with Crippen LogP contribution in [0, 0.1) is 5.92 Å². The lowest BCUT2D eigenvalue weighted by molar-refractivity contribution is 0.116. The van der Waals surface area contributed by atoms with Gasteiger partial charge in [-0.2, -0.15) is 0 Å². The van der Waals surface area contributed by atoms with Crippen LogP contribution in [-0.4, -0.2) is 35.6 Å². The summed E-state index contributed by atoms with van der Waals surface area (Å²) < 4.78 is 0. The van der Waals surface area contributed by atoms with Gasteiger partial charge in [-0.3, -0.25) is 9.88 Å². The lowest BCUT2D eigenvalue weighted by atomic mass is 9.88. The highest BCUT2D eigenvalue weighted by Crippen LogP contribution is 2.24. The third kappa shape index (κ3) is 3.53. The van der Waals surface area contributed by atoms with Crippen molar-refractivity contribution in [3.05, 3.63) is 30.1 Å². The predicted molar refractivity (Wildman–Crippen MR) is 75.4 cm³/mol. The van der Waals surface area contributed by atoms with Gasteiger partial charge in [0, 0.05) is 31.5 Å². The Balaban J connectivity index is 1.85. The van der Waals surface area contributed by atoms with Crippen LogP contribution in [0.25, 0.3) is 0 Å². The molecule has 2 N–H and O–H groups in total. The Bertz CT molecular complexity index is 339. The van der Waals surface area contributed by atoms with Crippen LogP contribution in [0.2, 0.25) is 0 Å². The molecule has 2 unspecified atom stereocenters. The normalized spacial score (nSPS) is 25.2. The lowest BCUT2D eigenvalue weighted by Gasteiger charge is -2.38. The molecule has 1 aromatic rings. The molecule has 1 aliphatic heterocycles. The van der Waals surface area contributed by atoms with Crippen molar-refractivity contribution >= 4 is 0 Å². The number of hydrogen-bond acceptors (Lipinski definition) is 3. The number of nitrogens with two attached hydrogens (primary N) is 1. The molecular weight excluding hydrogens is 222 g/mol. The molecule has 3 heteroatoms. The molecule has 0 radical (unpaired) electrons. The quantitative estimate of drug-likeness (QED) is 0.866. The molecule has 0 saturated carbocycles. The van der Waals surface area contributed by atoms with Crippen LogP contribution in [-0.2, 0) is 6.42 Å². The molecule has 18 heavy (non-hydrogen) atoms. The summed E-state index contributed by atoms with van der Waals surface area (Å²) in [6.45, 7) is 5.44. The molecule has 0 amide bonds. The Hall–Kier alpha value is -0.930. The van der Waals surface area contributed by atoms with E-state index in [-0.39, 0.29) is 0 Å². The van der Waals surface area contributed by atoms with Gasteiger partial charge >= 0.3 is 0 Å². The molecule has 3 nitrogen and oxygen atoms in total. The van der Waals surface area contributed by atoms with E-state index in [1.807, 2.05) is 12.4 Å². The lowest BCUT2D eigenvalue weighted by Crippen LogP contribution is -2.47. The summed E-state index contributed by atoms with van der Waals surface area (Å²) in [5.41, 5.74) is 7.30. The van der Waals surface area contributed by atoms with E-state index in [1.165, 1.54) is 31.4 Å². The number of rotatable bonds is 5.